The molecule has 0 radical (unpaired) electrons. The molecule has 0 aromatic heterocycles. The molecule has 1 fully saturated rings. The molecular formula is C6H13NO4. The molecule has 4 atom stereocenters. The molecule has 0 aromatic rings. The SMILES string of the molecule is CN[C@H]1[C@H](O)[C@H](O)OC[C@@H]1O. The third kappa shape index (κ3) is 1.69. The second-order valence-electron chi connectivity index (χ2n) is 2.60. The lowest BCUT2D eigenvalue weighted by molar-refractivity contribution is -0.223. The Bertz CT molecular complexity index is 132. The van der Waals surface area contributed by atoms with Crippen molar-refractivity contribution >= 4 is 0 Å². The third-order valence-corrected chi connectivity index (χ3v) is 1.85. The highest BCUT2D eigenvalue weighted by molar-refractivity contribution is 4.86. The molecule has 1 aliphatic heterocycles. The highest BCUT2D eigenvalue weighted by atomic mass is 16.6. The topological polar surface area (TPSA) is 82.0 Å². The zero-order valence-corrected chi connectivity index (χ0v) is 6.27. The van der Waals surface area contributed by atoms with Crippen LogP contribution in [0, 0.1) is 0 Å². The Morgan fingerprint density at radius 1 is 1.36 bits per heavy atom. The molecule has 1 heterocycles. The van der Waals surface area contributed by atoms with Crippen molar-refractivity contribution in [3.63, 3.8) is 0 Å². The molecule has 4 N–H and O–H groups in total. The normalized spacial score (nSPS) is 45.8. The smallest absolute Gasteiger partial charge is 0.182 e. The molecule has 66 valence electrons. The Balaban J connectivity index is 2.55. The minimum absolute atomic E-state index is 0.0454. The standard InChI is InChI=1S/C6H13NO4/c1-7-4-3(8)2-11-6(10)5(4)9/h3-10H,2H2,1H3/t3-,4+,5-,6+/m0/s1. The van der Waals surface area contributed by atoms with Gasteiger partial charge >= 0.3 is 0 Å². The lowest BCUT2D eigenvalue weighted by Crippen LogP contribution is -2.58. The molecular weight excluding hydrogens is 150 g/mol. The van der Waals surface area contributed by atoms with Gasteiger partial charge < -0.3 is 25.4 Å². The van der Waals surface area contributed by atoms with Gasteiger partial charge in [0.05, 0.1) is 18.8 Å². The van der Waals surface area contributed by atoms with Crippen molar-refractivity contribution in [2.75, 3.05) is 13.7 Å². The average molecular weight is 163 g/mol. The van der Waals surface area contributed by atoms with E-state index in [1.165, 1.54) is 0 Å². The van der Waals surface area contributed by atoms with Crippen molar-refractivity contribution in [2.24, 2.45) is 0 Å². The summed E-state index contributed by atoms with van der Waals surface area (Å²) in [5.74, 6) is 0. The van der Waals surface area contributed by atoms with Crippen LogP contribution in [0.25, 0.3) is 0 Å². The van der Waals surface area contributed by atoms with Crippen LogP contribution in [0.2, 0.25) is 0 Å². The first kappa shape index (κ1) is 8.89. The van der Waals surface area contributed by atoms with Crippen LogP contribution in [-0.2, 0) is 4.74 Å². The van der Waals surface area contributed by atoms with Gasteiger partial charge in [-0.05, 0) is 7.05 Å². The van der Waals surface area contributed by atoms with Gasteiger partial charge in [-0.15, -0.1) is 0 Å². The van der Waals surface area contributed by atoms with Crippen LogP contribution < -0.4 is 5.32 Å². The largest absolute Gasteiger partial charge is 0.389 e. The maximum absolute atomic E-state index is 9.21. The molecule has 0 amide bonds. The third-order valence-electron chi connectivity index (χ3n) is 1.85. The van der Waals surface area contributed by atoms with Gasteiger partial charge in [0.2, 0.25) is 0 Å². The Labute approximate surface area is 64.6 Å². The zero-order valence-electron chi connectivity index (χ0n) is 6.27. The zero-order chi connectivity index (χ0) is 8.43. The first-order valence-electron chi connectivity index (χ1n) is 3.50. The minimum atomic E-state index is -1.20. The number of hydrogen-bond donors (Lipinski definition) is 4. The summed E-state index contributed by atoms with van der Waals surface area (Å²) < 4.78 is 4.65. The van der Waals surface area contributed by atoms with Crippen LogP contribution >= 0.6 is 0 Å². The van der Waals surface area contributed by atoms with Crippen LogP contribution in [0.5, 0.6) is 0 Å². The fraction of sp³-hybridized carbons (Fsp3) is 1.00. The maximum Gasteiger partial charge on any atom is 0.182 e. The number of hydrogen-bond acceptors (Lipinski definition) is 5. The summed E-state index contributed by atoms with van der Waals surface area (Å²) in [4.78, 5) is 0. The number of likely N-dealkylation sites (N-methyl/N-ethyl adjacent to an activating group) is 1. The summed E-state index contributed by atoms with van der Waals surface area (Å²) in [5, 5.41) is 30.1. The molecule has 1 aliphatic rings. The first-order chi connectivity index (χ1) is 5.16. The van der Waals surface area contributed by atoms with Gasteiger partial charge in [0.15, 0.2) is 6.29 Å². The van der Waals surface area contributed by atoms with Gasteiger partial charge in [0.1, 0.15) is 6.10 Å². The predicted octanol–water partition coefficient (Wildman–Crippen LogP) is -2.36. The van der Waals surface area contributed by atoms with E-state index >= 15 is 0 Å². The fourth-order valence-electron chi connectivity index (χ4n) is 1.17. The van der Waals surface area contributed by atoms with E-state index in [0.717, 1.165) is 0 Å². The molecule has 0 spiro atoms. The second kappa shape index (κ2) is 3.46. The lowest BCUT2D eigenvalue weighted by Gasteiger charge is -2.35. The van der Waals surface area contributed by atoms with E-state index in [9.17, 15) is 10.2 Å². The van der Waals surface area contributed by atoms with Crippen molar-refractivity contribution < 1.29 is 20.1 Å². The van der Waals surface area contributed by atoms with Gasteiger partial charge in [-0.1, -0.05) is 0 Å². The second-order valence-corrected chi connectivity index (χ2v) is 2.60. The molecule has 11 heavy (non-hydrogen) atoms. The maximum atomic E-state index is 9.21. The number of nitrogens with one attached hydrogen (secondary N) is 1. The number of aliphatic hydroxyl groups is 3. The van der Waals surface area contributed by atoms with Crippen LogP contribution in [0.15, 0.2) is 0 Å². The molecule has 5 heteroatoms. The highest BCUT2D eigenvalue weighted by Gasteiger charge is 2.36. The molecule has 1 saturated heterocycles. The van der Waals surface area contributed by atoms with Crippen molar-refractivity contribution in [1.82, 2.24) is 5.32 Å². The Hall–Kier alpha value is -0.200. The van der Waals surface area contributed by atoms with Crippen LogP contribution in [0.3, 0.4) is 0 Å². The van der Waals surface area contributed by atoms with E-state index in [4.69, 9.17) is 5.11 Å². The Kier molecular flexibility index (Phi) is 2.80. The van der Waals surface area contributed by atoms with Crippen molar-refractivity contribution in [3.05, 3.63) is 0 Å². The van der Waals surface area contributed by atoms with E-state index in [-0.39, 0.29) is 6.61 Å². The highest BCUT2D eigenvalue weighted by Crippen LogP contribution is 2.12. The summed E-state index contributed by atoms with van der Waals surface area (Å²) in [6, 6.07) is -0.515. The first-order valence-corrected chi connectivity index (χ1v) is 3.50. The molecule has 0 aromatic carbocycles. The van der Waals surface area contributed by atoms with E-state index in [1.807, 2.05) is 0 Å². The number of ether oxygens (including phenoxy) is 1. The summed E-state index contributed by atoms with van der Waals surface area (Å²) in [7, 11) is 1.61. The molecule has 0 saturated carbocycles. The van der Waals surface area contributed by atoms with Gasteiger partial charge in [-0.3, -0.25) is 0 Å². The van der Waals surface area contributed by atoms with E-state index in [0.29, 0.717) is 0 Å². The fourth-order valence-corrected chi connectivity index (χ4v) is 1.17. The molecule has 0 bridgehead atoms. The summed E-state index contributed by atoms with van der Waals surface area (Å²) in [6.45, 7) is 0.0454. The molecule has 0 aliphatic carbocycles. The lowest BCUT2D eigenvalue weighted by atomic mass is 10.0. The van der Waals surface area contributed by atoms with Gasteiger partial charge in [-0.25, -0.2) is 0 Å². The number of rotatable bonds is 1. The van der Waals surface area contributed by atoms with E-state index in [2.05, 4.69) is 10.1 Å². The predicted molar refractivity (Wildman–Crippen MR) is 36.8 cm³/mol. The molecule has 0 unspecified atom stereocenters. The van der Waals surface area contributed by atoms with Crippen molar-refractivity contribution in [2.45, 2.75) is 24.5 Å². The van der Waals surface area contributed by atoms with Crippen LogP contribution in [0.1, 0.15) is 0 Å². The molecule has 5 nitrogen and oxygen atoms in total. The Morgan fingerprint density at radius 2 is 2.00 bits per heavy atom. The minimum Gasteiger partial charge on any atom is -0.389 e. The number of aliphatic hydroxyl groups excluding tert-OH is 3. The van der Waals surface area contributed by atoms with Gasteiger partial charge in [0.25, 0.3) is 0 Å². The monoisotopic (exact) mass is 163 g/mol. The van der Waals surface area contributed by atoms with Gasteiger partial charge in [0, 0.05) is 0 Å². The summed E-state index contributed by atoms with van der Waals surface area (Å²) in [5.41, 5.74) is 0. The van der Waals surface area contributed by atoms with Gasteiger partial charge in [-0.2, -0.15) is 0 Å². The molecule has 1 rings (SSSR count). The quantitative estimate of drug-likeness (QED) is 0.348. The van der Waals surface area contributed by atoms with E-state index in [1.54, 1.807) is 7.05 Å². The Morgan fingerprint density at radius 3 is 2.45 bits per heavy atom. The summed E-state index contributed by atoms with van der Waals surface area (Å²) >= 11 is 0. The van der Waals surface area contributed by atoms with Crippen LogP contribution in [-0.4, -0.2) is 53.5 Å². The average Bonchev–Trinajstić information content (AvgIpc) is 1.99. The van der Waals surface area contributed by atoms with E-state index < -0.39 is 24.5 Å². The van der Waals surface area contributed by atoms with Crippen molar-refractivity contribution in [3.8, 4) is 0 Å². The van der Waals surface area contributed by atoms with Crippen LogP contribution in [0.4, 0.5) is 0 Å². The van der Waals surface area contributed by atoms with Crippen molar-refractivity contribution in [1.29, 1.82) is 0 Å². The summed E-state index contributed by atoms with van der Waals surface area (Å²) in [6.07, 6.45) is -3.03.